The molecule has 11 heteroatoms. The Balaban J connectivity index is 2.37. The van der Waals surface area contributed by atoms with Crippen LogP contribution < -0.4 is 21.0 Å². The van der Waals surface area contributed by atoms with Crippen molar-refractivity contribution in [2.45, 2.75) is 92.1 Å². The molecule has 0 heterocycles. The van der Waals surface area contributed by atoms with Gasteiger partial charge in [0.05, 0.1) is 19.3 Å². The van der Waals surface area contributed by atoms with Crippen molar-refractivity contribution in [3.63, 3.8) is 0 Å². The molecule has 3 atom stereocenters. The summed E-state index contributed by atoms with van der Waals surface area (Å²) in [4.78, 5) is 40.8. The van der Waals surface area contributed by atoms with Gasteiger partial charge in [-0.1, -0.05) is 63.2 Å². The van der Waals surface area contributed by atoms with E-state index in [-0.39, 0.29) is 13.1 Å². The first-order valence-corrected chi connectivity index (χ1v) is 15.5. The molecule has 0 fully saturated rings. The smallest absolute Gasteiger partial charge is 0.422 e. The van der Waals surface area contributed by atoms with Crippen LogP contribution in [0.2, 0.25) is 0 Å². The van der Waals surface area contributed by atoms with Crippen molar-refractivity contribution in [2.24, 2.45) is 5.41 Å². The fraction of sp³-hybridized carbons (Fsp3) is 0.559. The van der Waals surface area contributed by atoms with Gasteiger partial charge in [-0.15, -0.1) is 0 Å². The van der Waals surface area contributed by atoms with Gasteiger partial charge in [0.2, 0.25) is 5.91 Å². The van der Waals surface area contributed by atoms with Crippen LogP contribution in [0.3, 0.4) is 0 Å². The van der Waals surface area contributed by atoms with E-state index in [1.807, 2.05) is 75.4 Å². The van der Waals surface area contributed by atoms with E-state index in [1.54, 1.807) is 25.8 Å². The number of hydrazine groups is 1. The number of ether oxygens (including phenoxy) is 2. The third-order valence-corrected chi connectivity index (χ3v) is 7.16. The average Bonchev–Trinajstić information content (AvgIpc) is 2.95. The summed E-state index contributed by atoms with van der Waals surface area (Å²) in [7, 11) is 1.23. The van der Waals surface area contributed by atoms with E-state index in [1.165, 1.54) is 7.11 Å². The summed E-state index contributed by atoms with van der Waals surface area (Å²) < 4.78 is 10.2. The maximum Gasteiger partial charge on any atom is 0.422 e. The summed E-state index contributed by atoms with van der Waals surface area (Å²) in [5.74, 6) is -0.466. The molecule has 0 radical (unpaired) electrons. The largest absolute Gasteiger partial charge is 0.453 e. The summed E-state index contributed by atoms with van der Waals surface area (Å²) in [5, 5.41) is 18.8. The number of aliphatic hydroxyl groups excluding tert-OH is 1. The molecule has 11 nitrogen and oxygen atoms in total. The number of benzene rings is 2. The van der Waals surface area contributed by atoms with Gasteiger partial charge in [0, 0.05) is 31.9 Å². The number of methoxy groups -OCH3 is 1. The Kier molecular flexibility index (Phi) is 14.1. The van der Waals surface area contributed by atoms with Crippen molar-refractivity contribution < 1.29 is 29.0 Å². The second-order valence-electron chi connectivity index (χ2n) is 13.1. The predicted molar refractivity (Wildman–Crippen MR) is 177 cm³/mol. The Hall–Kier alpha value is -3.83. The number of carbonyl (C=O) groups is 3. The van der Waals surface area contributed by atoms with Crippen LogP contribution in [0, 0.1) is 5.41 Å². The first kappa shape index (κ1) is 37.4. The van der Waals surface area contributed by atoms with E-state index in [2.05, 4.69) is 34.8 Å². The highest BCUT2D eigenvalue weighted by atomic mass is 16.6. The molecule has 0 saturated carbocycles. The maximum absolute atomic E-state index is 13.6. The van der Waals surface area contributed by atoms with Crippen LogP contribution in [0.5, 0.6) is 0 Å². The molecule has 2 aromatic rings. The Labute approximate surface area is 268 Å². The minimum Gasteiger partial charge on any atom is -0.453 e. The van der Waals surface area contributed by atoms with E-state index in [0.29, 0.717) is 6.42 Å². The number of nitrogens with one attached hydrogen (secondary N) is 3. The Morgan fingerprint density at radius 1 is 0.844 bits per heavy atom. The second-order valence-corrected chi connectivity index (χ2v) is 13.1. The predicted octanol–water partition coefficient (Wildman–Crippen LogP) is 4.63. The van der Waals surface area contributed by atoms with Gasteiger partial charge in [-0.3, -0.25) is 10.2 Å². The zero-order valence-electron chi connectivity index (χ0n) is 28.3. The van der Waals surface area contributed by atoms with Crippen molar-refractivity contribution in [1.82, 2.24) is 21.1 Å². The van der Waals surface area contributed by atoms with Gasteiger partial charge in [0.25, 0.3) is 0 Å². The van der Waals surface area contributed by atoms with Gasteiger partial charge >= 0.3 is 12.2 Å². The molecule has 0 aliphatic heterocycles. The zero-order chi connectivity index (χ0) is 33.8. The maximum atomic E-state index is 13.6. The fourth-order valence-corrected chi connectivity index (χ4v) is 4.82. The highest BCUT2D eigenvalue weighted by Gasteiger charge is 2.36. The van der Waals surface area contributed by atoms with Crippen LogP contribution in [0.15, 0.2) is 54.6 Å². The molecule has 0 saturated heterocycles. The zero-order valence-corrected chi connectivity index (χ0v) is 28.3. The molecule has 45 heavy (non-hydrogen) atoms. The minimum atomic E-state index is -1.13. The SMILES string of the molecule is CCN(CC)c1ccc(CN(C[C@H](O)[C@H](Cc2ccccc2)NC(=O)[C@@H](NC(=O)OC)C(C)(C)C)NC(=O)OC(C)(C)C)cc1. The van der Waals surface area contributed by atoms with Crippen LogP contribution in [0.25, 0.3) is 0 Å². The van der Waals surface area contributed by atoms with E-state index in [0.717, 1.165) is 29.9 Å². The standard InChI is InChI=1S/C34H53N5O6/c1-10-38(11-2)26-19-17-25(18-20-26)22-39(37-32(43)45-34(6,7)8)23-28(40)27(21-24-15-13-12-14-16-24)35-30(41)29(33(3,4)5)36-31(42)44-9/h12-20,27-29,40H,10-11,21-23H2,1-9H3,(H,35,41)(H,36,42)(H,37,43)/t27-,28-,29+/m0/s1. The number of carbonyl (C=O) groups excluding carboxylic acids is 3. The lowest BCUT2D eigenvalue weighted by Crippen LogP contribution is -2.59. The molecule has 2 aromatic carbocycles. The monoisotopic (exact) mass is 627 g/mol. The third-order valence-electron chi connectivity index (χ3n) is 7.16. The molecule has 0 spiro atoms. The normalized spacial score (nSPS) is 13.8. The first-order valence-electron chi connectivity index (χ1n) is 15.5. The summed E-state index contributed by atoms with van der Waals surface area (Å²) in [5.41, 5.74) is 4.31. The van der Waals surface area contributed by atoms with Crippen LogP contribution in [-0.2, 0) is 27.2 Å². The van der Waals surface area contributed by atoms with Gasteiger partial charge < -0.3 is 30.1 Å². The van der Waals surface area contributed by atoms with Crippen molar-refractivity contribution in [2.75, 3.05) is 31.6 Å². The lowest BCUT2D eigenvalue weighted by atomic mass is 9.85. The molecular formula is C34H53N5O6. The lowest BCUT2D eigenvalue weighted by molar-refractivity contribution is -0.127. The first-order chi connectivity index (χ1) is 21.1. The van der Waals surface area contributed by atoms with E-state index in [9.17, 15) is 19.5 Å². The van der Waals surface area contributed by atoms with E-state index < -0.39 is 47.3 Å². The minimum absolute atomic E-state index is 0.0283. The molecular weight excluding hydrogens is 574 g/mol. The van der Waals surface area contributed by atoms with E-state index >= 15 is 0 Å². The molecule has 0 unspecified atom stereocenters. The van der Waals surface area contributed by atoms with Crippen molar-refractivity contribution in [3.8, 4) is 0 Å². The van der Waals surface area contributed by atoms with E-state index in [4.69, 9.17) is 9.47 Å². The van der Waals surface area contributed by atoms with Crippen LogP contribution in [0.4, 0.5) is 15.3 Å². The molecule has 0 aromatic heterocycles. The van der Waals surface area contributed by atoms with Gasteiger partial charge in [0.15, 0.2) is 0 Å². The van der Waals surface area contributed by atoms with Crippen LogP contribution in [-0.4, -0.2) is 78.7 Å². The molecule has 0 aliphatic carbocycles. The molecule has 250 valence electrons. The number of alkyl carbamates (subject to hydrolysis) is 1. The number of nitrogens with zero attached hydrogens (tertiary/aromatic N) is 2. The Morgan fingerprint density at radius 2 is 1.44 bits per heavy atom. The average molecular weight is 628 g/mol. The number of rotatable bonds is 14. The summed E-state index contributed by atoms with van der Waals surface area (Å²) in [6.07, 6.45) is -2.21. The second kappa shape index (κ2) is 17.0. The van der Waals surface area contributed by atoms with Crippen LogP contribution >= 0.6 is 0 Å². The number of amides is 3. The van der Waals surface area contributed by atoms with Crippen molar-refractivity contribution in [3.05, 3.63) is 65.7 Å². The quantitative estimate of drug-likeness (QED) is 0.223. The molecule has 0 bridgehead atoms. The summed E-state index contributed by atoms with van der Waals surface area (Å²) in [6.45, 7) is 17.0. The fourth-order valence-electron chi connectivity index (χ4n) is 4.82. The summed E-state index contributed by atoms with van der Waals surface area (Å²) >= 11 is 0. The molecule has 3 amide bonds. The molecule has 0 aliphatic rings. The summed E-state index contributed by atoms with van der Waals surface area (Å²) in [6, 6.07) is 15.8. The molecule has 4 N–H and O–H groups in total. The number of hydrogen-bond acceptors (Lipinski definition) is 8. The molecule has 2 rings (SSSR count). The van der Waals surface area contributed by atoms with Gasteiger partial charge in [-0.2, -0.15) is 0 Å². The Bertz CT molecular complexity index is 1210. The Morgan fingerprint density at radius 3 is 1.96 bits per heavy atom. The van der Waals surface area contributed by atoms with Gasteiger partial charge in [-0.25, -0.2) is 14.6 Å². The number of hydrogen-bond donors (Lipinski definition) is 4. The van der Waals surface area contributed by atoms with Crippen LogP contribution in [0.1, 0.15) is 66.5 Å². The highest BCUT2D eigenvalue weighted by Crippen LogP contribution is 2.21. The number of aliphatic hydroxyl groups is 1. The van der Waals surface area contributed by atoms with Gasteiger partial charge in [-0.05, 0) is 69.7 Å². The lowest BCUT2D eigenvalue weighted by Gasteiger charge is -2.34. The highest BCUT2D eigenvalue weighted by molar-refractivity contribution is 5.86. The van der Waals surface area contributed by atoms with Crippen molar-refractivity contribution in [1.29, 1.82) is 0 Å². The van der Waals surface area contributed by atoms with Crippen molar-refractivity contribution >= 4 is 23.8 Å². The van der Waals surface area contributed by atoms with Gasteiger partial charge in [0.1, 0.15) is 11.6 Å². The third kappa shape index (κ3) is 13.0. The topological polar surface area (TPSA) is 132 Å². The number of anilines is 1.